The Morgan fingerprint density at radius 1 is 1.48 bits per heavy atom. The van der Waals surface area contributed by atoms with Gasteiger partial charge in [-0.2, -0.15) is 0 Å². The predicted molar refractivity (Wildman–Crippen MR) is 72.6 cm³/mol. The second-order valence-electron chi connectivity index (χ2n) is 5.31. The van der Waals surface area contributed by atoms with Crippen molar-refractivity contribution in [3.63, 3.8) is 0 Å². The van der Waals surface area contributed by atoms with E-state index in [1.165, 1.54) is 0 Å². The molecule has 118 valence electrons. The zero-order valence-corrected chi connectivity index (χ0v) is 11.8. The maximum Gasteiger partial charge on any atom is 0.305 e. The van der Waals surface area contributed by atoms with Crippen LogP contribution < -0.4 is 10.6 Å². The Labute approximate surface area is 122 Å². The lowest BCUT2D eigenvalue weighted by atomic mass is 10.1. The monoisotopic (exact) mass is 299 g/mol. The first-order valence-corrected chi connectivity index (χ1v) is 7.18. The van der Waals surface area contributed by atoms with Crippen LogP contribution >= 0.6 is 0 Å². The van der Waals surface area contributed by atoms with Crippen LogP contribution in [0.2, 0.25) is 0 Å². The molecule has 2 fully saturated rings. The summed E-state index contributed by atoms with van der Waals surface area (Å²) in [5.41, 5.74) is 0. The number of carbonyl (C=O) groups is 3. The summed E-state index contributed by atoms with van der Waals surface area (Å²) in [5, 5.41) is 14.3. The van der Waals surface area contributed by atoms with Crippen LogP contribution in [0.1, 0.15) is 19.3 Å². The molecule has 2 unspecified atom stereocenters. The summed E-state index contributed by atoms with van der Waals surface area (Å²) >= 11 is 0. The zero-order valence-electron chi connectivity index (χ0n) is 11.8. The summed E-state index contributed by atoms with van der Waals surface area (Å²) in [7, 11) is 0. The first-order valence-electron chi connectivity index (χ1n) is 7.18. The van der Waals surface area contributed by atoms with Crippen molar-refractivity contribution < 1.29 is 24.2 Å². The molecule has 0 bridgehead atoms. The van der Waals surface area contributed by atoms with E-state index >= 15 is 0 Å². The third-order valence-corrected chi connectivity index (χ3v) is 3.71. The van der Waals surface area contributed by atoms with Gasteiger partial charge in [0.1, 0.15) is 6.04 Å². The third kappa shape index (κ3) is 4.68. The maximum atomic E-state index is 11.9. The van der Waals surface area contributed by atoms with Gasteiger partial charge in [0.05, 0.1) is 19.1 Å². The quantitative estimate of drug-likeness (QED) is 0.554. The van der Waals surface area contributed by atoms with Gasteiger partial charge < -0.3 is 20.5 Å². The summed E-state index contributed by atoms with van der Waals surface area (Å²) in [6.07, 6.45) is 1.71. The number of carboxylic acids is 1. The topological polar surface area (TPSA) is 108 Å². The molecule has 2 amide bonds. The second kappa shape index (κ2) is 7.37. The SMILES string of the molecule is O=C(O)CC1C(=O)NCCN1CC(=O)NCC1CCCO1. The number of rotatable bonds is 6. The van der Waals surface area contributed by atoms with Gasteiger partial charge in [-0.05, 0) is 12.8 Å². The molecule has 8 heteroatoms. The van der Waals surface area contributed by atoms with E-state index in [9.17, 15) is 14.4 Å². The van der Waals surface area contributed by atoms with Crippen LogP contribution in [0, 0.1) is 0 Å². The van der Waals surface area contributed by atoms with E-state index < -0.39 is 12.0 Å². The molecule has 8 nitrogen and oxygen atoms in total. The minimum atomic E-state index is -1.05. The molecule has 2 aliphatic rings. The lowest BCUT2D eigenvalue weighted by Gasteiger charge is -2.33. The standard InChI is InChI=1S/C13H21N3O5/c17-11(15-7-9-2-1-5-21-9)8-16-4-3-14-13(20)10(16)6-12(18)19/h9-10H,1-8H2,(H,14,20)(H,15,17)(H,18,19). The van der Waals surface area contributed by atoms with Gasteiger partial charge in [-0.3, -0.25) is 19.3 Å². The number of amides is 2. The number of piperazine rings is 1. The van der Waals surface area contributed by atoms with Crippen molar-refractivity contribution in [1.29, 1.82) is 0 Å². The minimum Gasteiger partial charge on any atom is -0.481 e. The molecule has 2 atom stereocenters. The Balaban J connectivity index is 1.81. The van der Waals surface area contributed by atoms with Crippen molar-refractivity contribution in [3.05, 3.63) is 0 Å². The Hall–Kier alpha value is -1.67. The molecule has 2 aliphatic heterocycles. The fourth-order valence-electron chi connectivity index (χ4n) is 2.61. The van der Waals surface area contributed by atoms with E-state index in [-0.39, 0.29) is 30.9 Å². The Kier molecular flexibility index (Phi) is 5.51. The molecule has 0 aromatic rings. The van der Waals surface area contributed by atoms with Crippen LogP contribution in [0.4, 0.5) is 0 Å². The van der Waals surface area contributed by atoms with Crippen LogP contribution in [-0.4, -0.2) is 72.7 Å². The van der Waals surface area contributed by atoms with Crippen molar-refractivity contribution in [1.82, 2.24) is 15.5 Å². The summed E-state index contributed by atoms with van der Waals surface area (Å²) < 4.78 is 5.41. The number of carbonyl (C=O) groups excluding carboxylic acids is 2. The van der Waals surface area contributed by atoms with Gasteiger partial charge in [0.15, 0.2) is 0 Å². The molecule has 0 aliphatic carbocycles. The van der Waals surface area contributed by atoms with Crippen LogP contribution in [-0.2, 0) is 19.1 Å². The van der Waals surface area contributed by atoms with Crippen LogP contribution in [0.3, 0.4) is 0 Å². The molecule has 2 rings (SSSR count). The number of hydrogen-bond acceptors (Lipinski definition) is 5. The van der Waals surface area contributed by atoms with Crippen molar-refractivity contribution in [3.8, 4) is 0 Å². The molecule has 0 saturated carbocycles. The summed E-state index contributed by atoms with van der Waals surface area (Å²) in [5.74, 6) is -1.60. The van der Waals surface area contributed by atoms with Crippen molar-refractivity contribution in [2.75, 3.05) is 32.8 Å². The fraction of sp³-hybridized carbons (Fsp3) is 0.769. The summed E-state index contributed by atoms with van der Waals surface area (Å²) in [6, 6.07) is -0.787. The minimum absolute atomic E-state index is 0.0259. The van der Waals surface area contributed by atoms with Crippen molar-refractivity contribution in [2.45, 2.75) is 31.4 Å². The molecule has 0 aromatic heterocycles. The van der Waals surface area contributed by atoms with E-state index in [0.29, 0.717) is 19.6 Å². The van der Waals surface area contributed by atoms with Crippen molar-refractivity contribution in [2.24, 2.45) is 0 Å². The molecule has 2 heterocycles. The number of nitrogens with one attached hydrogen (secondary N) is 2. The second-order valence-corrected chi connectivity index (χ2v) is 5.31. The van der Waals surface area contributed by atoms with Gasteiger partial charge in [-0.25, -0.2) is 0 Å². The van der Waals surface area contributed by atoms with E-state index in [1.54, 1.807) is 4.90 Å². The predicted octanol–water partition coefficient (Wildman–Crippen LogP) is -1.44. The molecule has 3 N–H and O–H groups in total. The number of hydrogen-bond donors (Lipinski definition) is 3. The highest BCUT2D eigenvalue weighted by molar-refractivity contribution is 5.87. The zero-order chi connectivity index (χ0) is 15.2. The summed E-state index contributed by atoms with van der Waals surface area (Å²) in [4.78, 5) is 36.1. The average molecular weight is 299 g/mol. The molecule has 0 spiro atoms. The van der Waals surface area contributed by atoms with E-state index in [4.69, 9.17) is 9.84 Å². The number of aliphatic carboxylic acids is 1. The highest BCUT2D eigenvalue weighted by Gasteiger charge is 2.32. The summed E-state index contributed by atoms with van der Waals surface area (Å²) in [6.45, 7) is 2.11. The lowest BCUT2D eigenvalue weighted by molar-refractivity contribution is -0.144. The van der Waals surface area contributed by atoms with E-state index in [0.717, 1.165) is 19.4 Å². The number of nitrogens with zero attached hydrogens (tertiary/aromatic N) is 1. The lowest BCUT2D eigenvalue weighted by Crippen LogP contribution is -2.58. The average Bonchev–Trinajstić information content (AvgIpc) is 2.93. The van der Waals surface area contributed by atoms with Crippen LogP contribution in [0.5, 0.6) is 0 Å². The molecular weight excluding hydrogens is 278 g/mol. The van der Waals surface area contributed by atoms with Gasteiger partial charge in [-0.15, -0.1) is 0 Å². The number of ether oxygens (including phenoxy) is 1. The normalized spacial score (nSPS) is 26.4. The highest BCUT2D eigenvalue weighted by atomic mass is 16.5. The Morgan fingerprint density at radius 3 is 2.95 bits per heavy atom. The van der Waals surface area contributed by atoms with Gasteiger partial charge in [0, 0.05) is 26.2 Å². The largest absolute Gasteiger partial charge is 0.481 e. The number of carboxylic acid groups (broad SMARTS) is 1. The fourth-order valence-corrected chi connectivity index (χ4v) is 2.61. The van der Waals surface area contributed by atoms with Gasteiger partial charge in [0.2, 0.25) is 11.8 Å². The molecule has 21 heavy (non-hydrogen) atoms. The molecule has 2 saturated heterocycles. The third-order valence-electron chi connectivity index (χ3n) is 3.71. The highest BCUT2D eigenvalue weighted by Crippen LogP contribution is 2.11. The van der Waals surface area contributed by atoms with Crippen molar-refractivity contribution >= 4 is 17.8 Å². The van der Waals surface area contributed by atoms with Gasteiger partial charge in [0.25, 0.3) is 0 Å². The first-order chi connectivity index (χ1) is 10.1. The van der Waals surface area contributed by atoms with E-state index in [1.807, 2.05) is 0 Å². The first kappa shape index (κ1) is 15.7. The van der Waals surface area contributed by atoms with Crippen LogP contribution in [0.15, 0.2) is 0 Å². The van der Waals surface area contributed by atoms with E-state index in [2.05, 4.69) is 10.6 Å². The maximum absolute atomic E-state index is 11.9. The molecular formula is C13H21N3O5. The Bertz CT molecular complexity index is 409. The smallest absolute Gasteiger partial charge is 0.305 e. The van der Waals surface area contributed by atoms with Gasteiger partial charge >= 0.3 is 5.97 Å². The molecule has 0 radical (unpaired) electrons. The molecule has 0 aromatic carbocycles. The Morgan fingerprint density at radius 2 is 2.29 bits per heavy atom. The van der Waals surface area contributed by atoms with Crippen LogP contribution in [0.25, 0.3) is 0 Å². The van der Waals surface area contributed by atoms with Gasteiger partial charge in [-0.1, -0.05) is 0 Å².